The predicted octanol–water partition coefficient (Wildman–Crippen LogP) is 5.03. The summed E-state index contributed by atoms with van der Waals surface area (Å²) in [6.07, 6.45) is 8.71. The van der Waals surface area contributed by atoms with Gasteiger partial charge in [0.1, 0.15) is 0 Å². The van der Waals surface area contributed by atoms with Crippen LogP contribution in [0.3, 0.4) is 0 Å². The number of rotatable bonds is 5. The zero-order chi connectivity index (χ0) is 22.1. The molecule has 0 aliphatic heterocycles. The lowest BCUT2D eigenvalue weighted by Gasteiger charge is -2.28. The molecule has 4 rings (SSSR count). The maximum absolute atomic E-state index is 12.8. The second-order valence-corrected chi connectivity index (χ2v) is 6.72. The van der Waals surface area contributed by atoms with E-state index in [1.54, 1.807) is 24.7 Å². The van der Waals surface area contributed by atoms with Gasteiger partial charge in [-0.3, -0.25) is 14.8 Å². The number of aromatic nitrogens is 3. The number of nitriles is 1. The van der Waals surface area contributed by atoms with Gasteiger partial charge in [0.05, 0.1) is 11.6 Å². The number of aromatic amines is 1. The minimum atomic E-state index is -0.318. The van der Waals surface area contributed by atoms with Crippen LogP contribution in [0, 0.1) is 11.3 Å². The van der Waals surface area contributed by atoms with Gasteiger partial charge in [-0.15, -0.1) is 0 Å². The van der Waals surface area contributed by atoms with E-state index in [9.17, 15) is 10.1 Å². The van der Waals surface area contributed by atoms with Crippen molar-refractivity contribution in [2.24, 2.45) is 0 Å². The SMILES string of the molecule is CC.N#Cc1cccc(C(c2ccc[nH]c2=O)C(c2cccnc2)c2cccnc2)c1. The third-order valence-corrected chi connectivity index (χ3v) is 4.98. The average molecular weight is 409 g/mol. The number of benzene rings is 1. The number of H-pyrrole nitrogens is 1. The molecule has 1 atom stereocenters. The lowest BCUT2D eigenvalue weighted by Crippen LogP contribution is -2.22. The van der Waals surface area contributed by atoms with Crippen molar-refractivity contribution in [2.75, 3.05) is 0 Å². The van der Waals surface area contributed by atoms with Gasteiger partial charge in [-0.2, -0.15) is 5.26 Å². The summed E-state index contributed by atoms with van der Waals surface area (Å²) in [5.41, 5.74) is 3.85. The first-order chi connectivity index (χ1) is 15.3. The van der Waals surface area contributed by atoms with Gasteiger partial charge in [-0.1, -0.05) is 44.2 Å². The molecule has 5 nitrogen and oxygen atoms in total. The minimum Gasteiger partial charge on any atom is -0.329 e. The van der Waals surface area contributed by atoms with Crippen molar-refractivity contribution in [2.45, 2.75) is 25.7 Å². The Labute approximate surface area is 182 Å². The van der Waals surface area contributed by atoms with E-state index in [4.69, 9.17) is 0 Å². The van der Waals surface area contributed by atoms with Crippen LogP contribution in [-0.2, 0) is 0 Å². The zero-order valence-corrected chi connectivity index (χ0v) is 17.6. The molecule has 0 saturated heterocycles. The number of nitrogens with one attached hydrogen (secondary N) is 1. The lowest BCUT2D eigenvalue weighted by atomic mass is 9.74. The van der Waals surface area contributed by atoms with Crippen molar-refractivity contribution >= 4 is 0 Å². The van der Waals surface area contributed by atoms with Gasteiger partial charge in [-0.25, -0.2) is 0 Å². The third-order valence-electron chi connectivity index (χ3n) is 4.98. The molecule has 1 unspecified atom stereocenters. The van der Waals surface area contributed by atoms with E-state index in [-0.39, 0.29) is 17.4 Å². The molecule has 1 N–H and O–H groups in total. The van der Waals surface area contributed by atoms with E-state index in [0.29, 0.717) is 11.1 Å². The highest BCUT2D eigenvalue weighted by atomic mass is 16.1. The molecule has 31 heavy (non-hydrogen) atoms. The Morgan fingerprint density at radius 1 is 0.839 bits per heavy atom. The monoisotopic (exact) mass is 408 g/mol. The summed E-state index contributed by atoms with van der Waals surface area (Å²) in [5.74, 6) is -0.517. The summed E-state index contributed by atoms with van der Waals surface area (Å²) < 4.78 is 0. The van der Waals surface area contributed by atoms with Gasteiger partial charge in [0.25, 0.3) is 5.56 Å². The normalized spacial score (nSPS) is 11.2. The van der Waals surface area contributed by atoms with Crippen molar-refractivity contribution in [1.82, 2.24) is 15.0 Å². The highest BCUT2D eigenvalue weighted by Gasteiger charge is 2.30. The zero-order valence-electron chi connectivity index (χ0n) is 17.6. The maximum atomic E-state index is 12.8. The smallest absolute Gasteiger partial charge is 0.251 e. The molecule has 0 aliphatic rings. The molecule has 0 saturated carbocycles. The van der Waals surface area contributed by atoms with Gasteiger partial charge < -0.3 is 4.98 Å². The molecule has 0 aliphatic carbocycles. The van der Waals surface area contributed by atoms with E-state index in [0.717, 1.165) is 16.7 Å². The molecule has 4 aromatic rings. The van der Waals surface area contributed by atoms with Crippen molar-refractivity contribution in [3.63, 3.8) is 0 Å². The summed E-state index contributed by atoms with van der Waals surface area (Å²) in [6, 6.07) is 21.0. The van der Waals surface area contributed by atoms with Crippen molar-refractivity contribution in [3.05, 3.63) is 130 Å². The van der Waals surface area contributed by atoms with Crippen molar-refractivity contribution in [3.8, 4) is 6.07 Å². The van der Waals surface area contributed by atoms with Gasteiger partial charge >= 0.3 is 0 Å². The van der Waals surface area contributed by atoms with Crippen LogP contribution in [0.1, 0.15) is 53.5 Å². The fourth-order valence-electron chi connectivity index (χ4n) is 3.73. The van der Waals surface area contributed by atoms with E-state index in [1.807, 2.05) is 80.8 Å². The molecule has 0 amide bonds. The summed E-state index contributed by atoms with van der Waals surface area (Å²) in [4.78, 5) is 24.2. The Bertz CT molecular complexity index is 1160. The Morgan fingerprint density at radius 2 is 1.48 bits per heavy atom. The van der Waals surface area contributed by atoms with Crippen LogP contribution in [0.5, 0.6) is 0 Å². The summed E-state index contributed by atoms with van der Waals surface area (Å²) in [5, 5.41) is 9.40. The standard InChI is InChI=1S/C24H18N4O.C2H6/c25-14-17-5-1-6-18(13-17)23(21-9-4-12-28-24(21)29)22(19-7-2-10-26-15-19)20-8-3-11-27-16-20;1-2/h1-13,15-16,22-23H,(H,28,29);1-2H3. The van der Waals surface area contributed by atoms with Crippen LogP contribution in [-0.4, -0.2) is 15.0 Å². The number of hydrogen-bond donors (Lipinski definition) is 1. The molecule has 0 radical (unpaired) electrons. The van der Waals surface area contributed by atoms with Crippen LogP contribution in [0.2, 0.25) is 0 Å². The second kappa shape index (κ2) is 10.7. The van der Waals surface area contributed by atoms with Gasteiger partial charge in [0, 0.05) is 48.4 Å². The molecular weight excluding hydrogens is 384 g/mol. The lowest BCUT2D eigenvalue weighted by molar-refractivity contribution is 0.680. The number of pyridine rings is 3. The fourth-order valence-corrected chi connectivity index (χ4v) is 3.73. The quantitative estimate of drug-likeness (QED) is 0.502. The van der Waals surface area contributed by atoms with E-state index in [1.165, 1.54) is 0 Å². The van der Waals surface area contributed by atoms with Crippen molar-refractivity contribution < 1.29 is 0 Å². The second-order valence-electron chi connectivity index (χ2n) is 6.72. The number of hydrogen-bond acceptors (Lipinski definition) is 4. The Hall–Kier alpha value is -4.04. The molecule has 5 heteroatoms. The Kier molecular flexibility index (Phi) is 7.45. The maximum Gasteiger partial charge on any atom is 0.251 e. The molecule has 3 heterocycles. The van der Waals surface area contributed by atoms with E-state index >= 15 is 0 Å². The van der Waals surface area contributed by atoms with Crippen LogP contribution in [0.15, 0.2) is 96.4 Å². The van der Waals surface area contributed by atoms with Gasteiger partial charge in [0.15, 0.2) is 0 Å². The topological polar surface area (TPSA) is 82.4 Å². The van der Waals surface area contributed by atoms with Crippen LogP contribution in [0.25, 0.3) is 0 Å². The molecule has 3 aromatic heterocycles. The Balaban J connectivity index is 0.00000132. The summed E-state index contributed by atoms with van der Waals surface area (Å²) in [7, 11) is 0. The first-order valence-corrected chi connectivity index (χ1v) is 10.3. The third kappa shape index (κ3) is 4.93. The molecular formula is C26H24N4O. The summed E-state index contributed by atoms with van der Waals surface area (Å²) >= 11 is 0. The minimum absolute atomic E-state index is 0.155. The average Bonchev–Trinajstić information content (AvgIpc) is 2.85. The first kappa shape index (κ1) is 21.7. The van der Waals surface area contributed by atoms with E-state index < -0.39 is 0 Å². The Morgan fingerprint density at radius 3 is 2.03 bits per heavy atom. The van der Waals surface area contributed by atoms with Crippen LogP contribution >= 0.6 is 0 Å². The molecule has 0 bridgehead atoms. The largest absolute Gasteiger partial charge is 0.329 e. The highest BCUT2D eigenvalue weighted by Crippen LogP contribution is 2.41. The van der Waals surface area contributed by atoms with Gasteiger partial charge in [-0.05, 0) is 47.0 Å². The van der Waals surface area contributed by atoms with E-state index in [2.05, 4.69) is 21.0 Å². The fraction of sp³-hybridized carbons (Fsp3) is 0.154. The van der Waals surface area contributed by atoms with Crippen molar-refractivity contribution in [1.29, 1.82) is 5.26 Å². The molecule has 0 spiro atoms. The molecule has 1 aromatic carbocycles. The molecule has 154 valence electrons. The molecule has 0 fully saturated rings. The first-order valence-electron chi connectivity index (χ1n) is 10.3. The predicted molar refractivity (Wildman–Crippen MR) is 122 cm³/mol. The number of nitrogens with zero attached hydrogens (tertiary/aromatic N) is 3. The summed E-state index contributed by atoms with van der Waals surface area (Å²) in [6.45, 7) is 4.00. The highest BCUT2D eigenvalue weighted by molar-refractivity contribution is 5.45. The van der Waals surface area contributed by atoms with Gasteiger partial charge in [0.2, 0.25) is 0 Å². The van der Waals surface area contributed by atoms with Crippen LogP contribution < -0.4 is 5.56 Å². The van der Waals surface area contributed by atoms with Crippen LogP contribution in [0.4, 0.5) is 0 Å².